The molecule has 0 bridgehead atoms. The SMILES string of the molecule is CCCCNCC(=O)Nc1ccc(Sc2ccc([N+](=O)[O-])cc2)cc1.Cl. The zero-order valence-corrected chi connectivity index (χ0v) is 16.1. The summed E-state index contributed by atoms with van der Waals surface area (Å²) in [6, 6.07) is 13.9. The zero-order valence-electron chi connectivity index (χ0n) is 14.4. The Morgan fingerprint density at radius 2 is 1.65 bits per heavy atom. The summed E-state index contributed by atoms with van der Waals surface area (Å²) in [6.45, 7) is 3.26. The average molecular weight is 396 g/mol. The predicted molar refractivity (Wildman–Crippen MR) is 107 cm³/mol. The summed E-state index contributed by atoms with van der Waals surface area (Å²) in [5, 5.41) is 16.6. The van der Waals surface area contributed by atoms with Crippen LogP contribution in [-0.2, 0) is 4.79 Å². The van der Waals surface area contributed by atoms with E-state index in [1.54, 1.807) is 12.1 Å². The monoisotopic (exact) mass is 395 g/mol. The summed E-state index contributed by atoms with van der Waals surface area (Å²) in [6.07, 6.45) is 2.16. The summed E-state index contributed by atoms with van der Waals surface area (Å²) in [5.41, 5.74) is 0.824. The Bertz CT molecular complexity index is 709. The van der Waals surface area contributed by atoms with Gasteiger partial charge in [-0.05, 0) is 49.4 Å². The highest BCUT2D eigenvalue weighted by molar-refractivity contribution is 7.99. The fourth-order valence-electron chi connectivity index (χ4n) is 2.09. The van der Waals surface area contributed by atoms with Crippen molar-refractivity contribution < 1.29 is 9.72 Å². The molecule has 0 unspecified atom stereocenters. The summed E-state index contributed by atoms with van der Waals surface area (Å²) in [7, 11) is 0. The van der Waals surface area contributed by atoms with Crippen molar-refractivity contribution in [3.8, 4) is 0 Å². The van der Waals surface area contributed by atoms with Crippen LogP contribution in [0.2, 0.25) is 0 Å². The quantitative estimate of drug-likeness (QED) is 0.371. The number of nitro benzene ring substituents is 1. The molecule has 1 amide bonds. The Morgan fingerprint density at radius 3 is 2.19 bits per heavy atom. The van der Waals surface area contributed by atoms with E-state index in [4.69, 9.17) is 0 Å². The Balaban J connectivity index is 0.00000338. The van der Waals surface area contributed by atoms with Gasteiger partial charge in [0.15, 0.2) is 0 Å². The van der Waals surface area contributed by atoms with Gasteiger partial charge in [0.25, 0.3) is 5.69 Å². The first-order valence-electron chi connectivity index (χ1n) is 8.11. The molecule has 2 aromatic rings. The lowest BCUT2D eigenvalue weighted by Gasteiger charge is -2.07. The van der Waals surface area contributed by atoms with E-state index in [-0.39, 0.29) is 24.0 Å². The van der Waals surface area contributed by atoms with Crippen molar-refractivity contribution in [2.75, 3.05) is 18.4 Å². The molecular weight excluding hydrogens is 374 g/mol. The first kappa shape index (κ1) is 22.0. The molecule has 0 radical (unpaired) electrons. The second-order valence-corrected chi connectivity index (χ2v) is 6.60. The third kappa shape index (κ3) is 7.43. The molecule has 0 aliphatic rings. The maximum atomic E-state index is 11.8. The smallest absolute Gasteiger partial charge is 0.269 e. The predicted octanol–water partition coefficient (Wildman–Crippen LogP) is 4.50. The average Bonchev–Trinajstić information content (AvgIpc) is 2.61. The lowest BCUT2D eigenvalue weighted by molar-refractivity contribution is -0.384. The number of amides is 1. The minimum atomic E-state index is -0.414. The third-order valence-electron chi connectivity index (χ3n) is 3.41. The molecule has 0 aliphatic carbocycles. The summed E-state index contributed by atoms with van der Waals surface area (Å²) in [5.74, 6) is -0.0631. The van der Waals surface area contributed by atoms with Gasteiger partial charge < -0.3 is 10.6 Å². The van der Waals surface area contributed by atoms with Gasteiger partial charge in [-0.3, -0.25) is 14.9 Å². The molecule has 2 rings (SSSR count). The summed E-state index contributed by atoms with van der Waals surface area (Å²) in [4.78, 5) is 24.0. The Morgan fingerprint density at radius 1 is 1.08 bits per heavy atom. The summed E-state index contributed by atoms with van der Waals surface area (Å²) < 4.78 is 0. The normalized spacial score (nSPS) is 10.0. The molecule has 2 aromatic carbocycles. The van der Waals surface area contributed by atoms with E-state index in [9.17, 15) is 14.9 Å². The van der Waals surface area contributed by atoms with Crippen molar-refractivity contribution in [3.05, 3.63) is 58.6 Å². The van der Waals surface area contributed by atoms with Crippen LogP contribution in [0.3, 0.4) is 0 Å². The highest BCUT2D eigenvalue weighted by atomic mass is 35.5. The van der Waals surface area contributed by atoms with Crippen LogP contribution in [-0.4, -0.2) is 23.9 Å². The first-order valence-corrected chi connectivity index (χ1v) is 8.93. The van der Waals surface area contributed by atoms with Gasteiger partial charge in [0.05, 0.1) is 11.5 Å². The molecule has 0 aliphatic heterocycles. The molecule has 0 saturated heterocycles. The molecule has 8 heteroatoms. The van der Waals surface area contributed by atoms with E-state index in [0.29, 0.717) is 6.54 Å². The van der Waals surface area contributed by atoms with Gasteiger partial charge in [-0.2, -0.15) is 0 Å². The number of hydrogen-bond acceptors (Lipinski definition) is 5. The molecular formula is C18H22ClN3O3S. The molecule has 0 spiro atoms. The molecule has 0 saturated carbocycles. The number of hydrogen-bond donors (Lipinski definition) is 2. The van der Waals surface area contributed by atoms with Crippen LogP contribution in [0, 0.1) is 10.1 Å². The number of carbonyl (C=O) groups excluding carboxylic acids is 1. The van der Waals surface area contributed by atoms with E-state index in [0.717, 1.165) is 34.9 Å². The largest absolute Gasteiger partial charge is 0.325 e. The maximum absolute atomic E-state index is 11.8. The molecule has 0 heterocycles. The van der Waals surface area contributed by atoms with Gasteiger partial charge in [0.1, 0.15) is 0 Å². The van der Waals surface area contributed by atoms with Gasteiger partial charge in [0, 0.05) is 27.6 Å². The van der Waals surface area contributed by atoms with E-state index < -0.39 is 4.92 Å². The third-order valence-corrected chi connectivity index (χ3v) is 4.43. The second kappa shape index (κ2) is 11.5. The number of non-ortho nitro benzene ring substituents is 1. The van der Waals surface area contributed by atoms with Gasteiger partial charge >= 0.3 is 0 Å². The second-order valence-electron chi connectivity index (χ2n) is 5.46. The van der Waals surface area contributed by atoms with Gasteiger partial charge in [-0.1, -0.05) is 25.1 Å². The number of unbranched alkanes of at least 4 members (excludes halogenated alkanes) is 1. The van der Waals surface area contributed by atoms with Crippen LogP contribution in [0.4, 0.5) is 11.4 Å². The van der Waals surface area contributed by atoms with Crippen molar-refractivity contribution in [1.82, 2.24) is 5.32 Å². The lowest BCUT2D eigenvalue weighted by Crippen LogP contribution is -2.28. The van der Waals surface area contributed by atoms with E-state index in [1.165, 1.54) is 23.9 Å². The lowest BCUT2D eigenvalue weighted by atomic mass is 10.3. The Hall–Kier alpha value is -2.09. The highest BCUT2D eigenvalue weighted by Gasteiger charge is 2.06. The van der Waals surface area contributed by atoms with Gasteiger partial charge in [-0.25, -0.2) is 0 Å². The number of halogens is 1. The Labute approximate surface area is 163 Å². The number of anilines is 1. The van der Waals surface area contributed by atoms with Crippen molar-refractivity contribution >= 4 is 41.5 Å². The number of nitro groups is 1. The van der Waals surface area contributed by atoms with E-state index >= 15 is 0 Å². The molecule has 140 valence electrons. The Kier molecular flexibility index (Phi) is 9.72. The minimum absolute atomic E-state index is 0. The van der Waals surface area contributed by atoms with Crippen LogP contribution in [0.15, 0.2) is 58.3 Å². The fraction of sp³-hybridized carbons (Fsp3) is 0.278. The van der Waals surface area contributed by atoms with Crippen LogP contribution in [0.5, 0.6) is 0 Å². The number of benzene rings is 2. The van der Waals surface area contributed by atoms with Crippen LogP contribution >= 0.6 is 24.2 Å². The van der Waals surface area contributed by atoms with E-state index in [2.05, 4.69) is 17.6 Å². The van der Waals surface area contributed by atoms with Crippen LogP contribution < -0.4 is 10.6 Å². The number of rotatable bonds is 9. The maximum Gasteiger partial charge on any atom is 0.269 e. The summed E-state index contributed by atoms with van der Waals surface area (Å²) >= 11 is 1.51. The van der Waals surface area contributed by atoms with Crippen LogP contribution in [0.25, 0.3) is 0 Å². The molecule has 0 atom stereocenters. The standard InChI is InChI=1S/C18H21N3O3S.ClH/c1-2-3-12-19-13-18(22)20-14-4-8-16(9-5-14)25-17-10-6-15(7-11-17)21(23)24;/h4-11,19H,2-3,12-13H2,1H3,(H,20,22);1H. The van der Waals surface area contributed by atoms with Crippen molar-refractivity contribution in [3.63, 3.8) is 0 Å². The van der Waals surface area contributed by atoms with Crippen LogP contribution in [0.1, 0.15) is 19.8 Å². The molecule has 26 heavy (non-hydrogen) atoms. The first-order chi connectivity index (χ1) is 12.1. The van der Waals surface area contributed by atoms with Crippen molar-refractivity contribution in [2.45, 2.75) is 29.6 Å². The highest BCUT2D eigenvalue weighted by Crippen LogP contribution is 2.29. The van der Waals surface area contributed by atoms with Gasteiger partial charge in [0.2, 0.25) is 5.91 Å². The molecule has 0 fully saturated rings. The molecule has 6 nitrogen and oxygen atoms in total. The van der Waals surface area contributed by atoms with Crippen molar-refractivity contribution in [1.29, 1.82) is 0 Å². The number of nitrogens with zero attached hydrogens (tertiary/aromatic N) is 1. The topological polar surface area (TPSA) is 84.3 Å². The van der Waals surface area contributed by atoms with Crippen molar-refractivity contribution in [2.24, 2.45) is 0 Å². The van der Waals surface area contributed by atoms with E-state index in [1.807, 2.05) is 24.3 Å². The van der Waals surface area contributed by atoms with Gasteiger partial charge in [-0.15, -0.1) is 12.4 Å². The number of carbonyl (C=O) groups is 1. The molecule has 2 N–H and O–H groups in total. The fourth-order valence-corrected chi connectivity index (χ4v) is 2.90. The molecule has 0 aromatic heterocycles. The number of nitrogens with one attached hydrogen (secondary N) is 2. The zero-order chi connectivity index (χ0) is 18.1. The minimum Gasteiger partial charge on any atom is -0.325 e.